The molecule has 1 amide bonds. The van der Waals surface area contributed by atoms with Crippen molar-refractivity contribution in [3.8, 4) is 0 Å². The van der Waals surface area contributed by atoms with Gasteiger partial charge in [0.15, 0.2) is 0 Å². The van der Waals surface area contributed by atoms with E-state index in [1.54, 1.807) is 28.0 Å². The molecule has 4 heteroatoms. The van der Waals surface area contributed by atoms with Crippen molar-refractivity contribution in [3.05, 3.63) is 22.4 Å². The van der Waals surface area contributed by atoms with Crippen molar-refractivity contribution in [1.29, 1.82) is 0 Å². The first-order valence-corrected chi connectivity index (χ1v) is 6.81. The van der Waals surface area contributed by atoms with Crippen LogP contribution in [0.5, 0.6) is 0 Å². The van der Waals surface area contributed by atoms with E-state index in [1.807, 2.05) is 18.7 Å². The lowest BCUT2D eigenvalue weighted by Crippen LogP contribution is -2.26. The van der Waals surface area contributed by atoms with E-state index in [9.17, 15) is 4.79 Å². The third-order valence-electron chi connectivity index (χ3n) is 1.95. The van der Waals surface area contributed by atoms with Gasteiger partial charge in [0.2, 0.25) is 5.91 Å². The van der Waals surface area contributed by atoms with Crippen molar-refractivity contribution in [1.82, 2.24) is 4.90 Å². The van der Waals surface area contributed by atoms with E-state index in [-0.39, 0.29) is 5.91 Å². The van der Waals surface area contributed by atoms with Gasteiger partial charge in [0.1, 0.15) is 0 Å². The first kappa shape index (κ1) is 11.6. The molecule has 0 saturated heterocycles. The predicted octanol–water partition coefficient (Wildman–Crippen LogP) is 2.46. The summed E-state index contributed by atoms with van der Waals surface area (Å²) in [5.41, 5.74) is 1.22. The molecule has 2 nitrogen and oxygen atoms in total. The zero-order valence-electron chi connectivity index (χ0n) is 8.53. The maximum Gasteiger partial charge on any atom is 0.223 e. The van der Waals surface area contributed by atoms with Crippen molar-refractivity contribution in [3.63, 3.8) is 0 Å². The molecule has 1 rings (SSSR count). The van der Waals surface area contributed by atoms with Crippen molar-refractivity contribution in [2.75, 3.05) is 19.1 Å². The summed E-state index contributed by atoms with van der Waals surface area (Å²) in [7, 11) is 1.86. The highest BCUT2D eigenvalue weighted by Gasteiger charge is 2.08. The summed E-state index contributed by atoms with van der Waals surface area (Å²) < 4.78 is 0. The highest BCUT2D eigenvalue weighted by molar-refractivity contribution is 7.98. The van der Waals surface area contributed by atoms with Crippen LogP contribution in [0.3, 0.4) is 0 Å². The average Bonchev–Trinajstić information content (AvgIpc) is 2.66. The Labute approximate surface area is 93.3 Å². The molecule has 0 fully saturated rings. The van der Waals surface area contributed by atoms with Gasteiger partial charge in [0.05, 0.1) is 0 Å². The normalized spacial score (nSPS) is 10.1. The predicted molar refractivity (Wildman–Crippen MR) is 63.8 cm³/mol. The van der Waals surface area contributed by atoms with Crippen LogP contribution in [0, 0.1) is 0 Å². The summed E-state index contributed by atoms with van der Waals surface area (Å²) in [6.45, 7) is 0.733. The van der Waals surface area contributed by atoms with Gasteiger partial charge >= 0.3 is 0 Å². The van der Waals surface area contributed by atoms with Gasteiger partial charge in [-0.05, 0) is 28.6 Å². The Bertz CT molecular complexity index is 272. The molecule has 14 heavy (non-hydrogen) atoms. The van der Waals surface area contributed by atoms with Gasteiger partial charge in [0, 0.05) is 25.8 Å². The molecule has 0 bridgehead atoms. The van der Waals surface area contributed by atoms with Crippen LogP contribution >= 0.6 is 23.1 Å². The quantitative estimate of drug-likeness (QED) is 0.773. The van der Waals surface area contributed by atoms with Crippen molar-refractivity contribution in [2.24, 2.45) is 0 Å². The van der Waals surface area contributed by atoms with Crippen LogP contribution in [0.15, 0.2) is 16.8 Å². The van der Waals surface area contributed by atoms with Crippen LogP contribution in [0.4, 0.5) is 0 Å². The Morgan fingerprint density at radius 3 is 3.00 bits per heavy atom. The lowest BCUT2D eigenvalue weighted by atomic mass is 10.3. The average molecular weight is 229 g/mol. The fourth-order valence-corrected chi connectivity index (χ4v) is 2.16. The molecule has 0 radical (unpaired) electrons. The number of carbonyl (C=O) groups is 1. The van der Waals surface area contributed by atoms with Crippen LogP contribution in [0.1, 0.15) is 12.0 Å². The van der Waals surface area contributed by atoms with Gasteiger partial charge in [-0.25, -0.2) is 0 Å². The van der Waals surface area contributed by atoms with Crippen LogP contribution in [-0.4, -0.2) is 29.9 Å². The van der Waals surface area contributed by atoms with Crippen LogP contribution in [0.25, 0.3) is 0 Å². The topological polar surface area (TPSA) is 20.3 Å². The molecular weight excluding hydrogens is 214 g/mol. The molecule has 1 heterocycles. The van der Waals surface area contributed by atoms with E-state index < -0.39 is 0 Å². The SMILES string of the molecule is CSCCC(=O)N(C)Cc1ccsc1. The molecule has 1 aromatic heterocycles. The van der Waals surface area contributed by atoms with Crippen molar-refractivity contribution >= 4 is 29.0 Å². The molecule has 1 aromatic rings. The number of amides is 1. The van der Waals surface area contributed by atoms with E-state index in [2.05, 4.69) is 11.4 Å². The Balaban J connectivity index is 2.34. The van der Waals surface area contributed by atoms with E-state index in [1.165, 1.54) is 5.56 Å². The van der Waals surface area contributed by atoms with Crippen LogP contribution in [-0.2, 0) is 11.3 Å². The number of nitrogens with zero attached hydrogens (tertiary/aromatic N) is 1. The van der Waals surface area contributed by atoms with Gasteiger partial charge in [-0.15, -0.1) is 0 Å². The molecule has 0 N–H and O–H groups in total. The minimum absolute atomic E-state index is 0.227. The Morgan fingerprint density at radius 2 is 2.43 bits per heavy atom. The monoisotopic (exact) mass is 229 g/mol. The number of thiophene rings is 1. The summed E-state index contributed by atoms with van der Waals surface area (Å²) >= 11 is 3.38. The summed E-state index contributed by atoms with van der Waals surface area (Å²) in [6.07, 6.45) is 2.66. The van der Waals surface area contributed by atoms with Crippen LogP contribution in [0.2, 0.25) is 0 Å². The highest BCUT2D eigenvalue weighted by Crippen LogP contribution is 2.09. The summed E-state index contributed by atoms with van der Waals surface area (Å²) in [5, 5.41) is 4.12. The first-order chi connectivity index (χ1) is 6.74. The fourth-order valence-electron chi connectivity index (χ4n) is 1.12. The van der Waals surface area contributed by atoms with E-state index >= 15 is 0 Å². The minimum Gasteiger partial charge on any atom is -0.341 e. The molecule has 0 unspecified atom stereocenters. The molecule has 0 aromatic carbocycles. The second-order valence-corrected chi connectivity index (χ2v) is 4.89. The molecular formula is C10H15NOS2. The second kappa shape index (κ2) is 6.09. The van der Waals surface area contributed by atoms with E-state index in [0.29, 0.717) is 6.42 Å². The van der Waals surface area contributed by atoms with E-state index in [4.69, 9.17) is 0 Å². The Kier molecular flexibility index (Phi) is 5.04. The van der Waals surface area contributed by atoms with Crippen LogP contribution < -0.4 is 0 Å². The number of hydrogen-bond donors (Lipinski definition) is 0. The standard InChI is InChI=1S/C10H15NOS2/c1-11(10(12)4-5-13-2)7-9-3-6-14-8-9/h3,6,8H,4-5,7H2,1-2H3. The number of carbonyl (C=O) groups excluding carboxylic acids is 1. The Hall–Kier alpha value is -0.480. The molecule has 0 atom stereocenters. The van der Waals surface area contributed by atoms with Gasteiger partial charge in [-0.1, -0.05) is 0 Å². The number of rotatable bonds is 5. The Morgan fingerprint density at radius 1 is 1.64 bits per heavy atom. The third kappa shape index (κ3) is 3.72. The highest BCUT2D eigenvalue weighted by atomic mass is 32.2. The molecule has 0 aliphatic carbocycles. The van der Waals surface area contributed by atoms with Gasteiger partial charge < -0.3 is 4.90 Å². The number of thioether (sulfide) groups is 1. The summed E-state index contributed by atoms with van der Waals surface area (Å²) in [5.74, 6) is 1.14. The lowest BCUT2D eigenvalue weighted by molar-refractivity contribution is -0.129. The third-order valence-corrected chi connectivity index (χ3v) is 3.29. The molecule has 0 spiro atoms. The smallest absolute Gasteiger partial charge is 0.223 e. The first-order valence-electron chi connectivity index (χ1n) is 4.48. The van der Waals surface area contributed by atoms with Gasteiger partial charge in [-0.3, -0.25) is 4.79 Å². The van der Waals surface area contributed by atoms with Gasteiger partial charge in [-0.2, -0.15) is 23.1 Å². The zero-order valence-corrected chi connectivity index (χ0v) is 10.2. The maximum atomic E-state index is 11.5. The lowest BCUT2D eigenvalue weighted by Gasteiger charge is -2.15. The maximum absolute atomic E-state index is 11.5. The molecule has 0 aliphatic rings. The molecule has 78 valence electrons. The van der Waals surface area contributed by atoms with Crippen molar-refractivity contribution in [2.45, 2.75) is 13.0 Å². The number of hydrogen-bond acceptors (Lipinski definition) is 3. The fraction of sp³-hybridized carbons (Fsp3) is 0.500. The summed E-state index contributed by atoms with van der Waals surface area (Å²) in [6, 6.07) is 2.06. The van der Waals surface area contributed by atoms with E-state index in [0.717, 1.165) is 12.3 Å². The van der Waals surface area contributed by atoms with Gasteiger partial charge in [0.25, 0.3) is 0 Å². The zero-order chi connectivity index (χ0) is 10.4. The molecule has 0 saturated carbocycles. The minimum atomic E-state index is 0.227. The summed E-state index contributed by atoms with van der Waals surface area (Å²) in [4.78, 5) is 13.3. The van der Waals surface area contributed by atoms with Crippen molar-refractivity contribution < 1.29 is 4.79 Å². The molecule has 0 aliphatic heterocycles. The largest absolute Gasteiger partial charge is 0.341 e. The second-order valence-electron chi connectivity index (χ2n) is 3.12.